The van der Waals surface area contributed by atoms with Crippen LogP contribution in [-0.4, -0.2) is 55.1 Å². The second-order valence-electron chi connectivity index (χ2n) is 7.82. The lowest BCUT2D eigenvalue weighted by Gasteiger charge is -2.27. The number of hydrogen-bond acceptors (Lipinski definition) is 5. The lowest BCUT2D eigenvalue weighted by molar-refractivity contribution is -0.142. The molecular formula is C23H25ClF3N3O4. The SMILES string of the molecule is CCN(CC)CCN1C(=O)C(O)(c2ccc(Cl)cc2OC)c2c1cc(C(N)=O)cc2C(F)(F)F. The maximum absolute atomic E-state index is 14.2. The number of likely N-dealkylation sites (N-methyl/N-ethyl adjacent to an activating group) is 1. The summed E-state index contributed by atoms with van der Waals surface area (Å²) in [4.78, 5) is 28.5. The van der Waals surface area contributed by atoms with E-state index in [4.69, 9.17) is 22.1 Å². The third-order valence-electron chi connectivity index (χ3n) is 6.00. The molecule has 1 aliphatic heterocycles. The van der Waals surface area contributed by atoms with Gasteiger partial charge in [0, 0.05) is 34.8 Å². The summed E-state index contributed by atoms with van der Waals surface area (Å²) >= 11 is 6.00. The van der Waals surface area contributed by atoms with Crippen molar-refractivity contribution in [3.8, 4) is 5.75 Å². The van der Waals surface area contributed by atoms with E-state index < -0.39 is 40.3 Å². The molecule has 184 valence electrons. The highest BCUT2D eigenvalue weighted by molar-refractivity contribution is 6.30. The van der Waals surface area contributed by atoms with Crippen LogP contribution in [0.5, 0.6) is 5.75 Å². The van der Waals surface area contributed by atoms with E-state index in [1.54, 1.807) is 0 Å². The number of benzene rings is 2. The molecule has 0 radical (unpaired) electrons. The number of carbonyl (C=O) groups excluding carboxylic acids is 2. The highest BCUT2D eigenvalue weighted by Gasteiger charge is 2.57. The lowest BCUT2D eigenvalue weighted by atomic mass is 9.83. The van der Waals surface area contributed by atoms with Gasteiger partial charge in [-0.2, -0.15) is 13.2 Å². The number of carbonyl (C=O) groups is 2. The number of nitrogens with two attached hydrogens (primary N) is 1. The highest BCUT2D eigenvalue weighted by atomic mass is 35.5. The van der Waals surface area contributed by atoms with Gasteiger partial charge in [0.1, 0.15) is 5.75 Å². The summed E-state index contributed by atoms with van der Waals surface area (Å²) in [5.74, 6) is -2.15. The summed E-state index contributed by atoms with van der Waals surface area (Å²) in [7, 11) is 1.25. The van der Waals surface area contributed by atoms with Crippen LogP contribution in [0.1, 0.15) is 40.9 Å². The van der Waals surface area contributed by atoms with E-state index in [0.717, 1.165) is 11.0 Å². The highest BCUT2D eigenvalue weighted by Crippen LogP contribution is 2.52. The van der Waals surface area contributed by atoms with Crippen molar-refractivity contribution in [3.05, 3.63) is 57.6 Å². The van der Waals surface area contributed by atoms with Crippen LogP contribution in [0.3, 0.4) is 0 Å². The maximum atomic E-state index is 14.2. The van der Waals surface area contributed by atoms with Gasteiger partial charge in [-0.15, -0.1) is 0 Å². The van der Waals surface area contributed by atoms with Crippen LogP contribution < -0.4 is 15.4 Å². The van der Waals surface area contributed by atoms with E-state index in [-0.39, 0.29) is 28.6 Å². The van der Waals surface area contributed by atoms with E-state index in [1.807, 2.05) is 18.7 Å². The first-order valence-electron chi connectivity index (χ1n) is 10.6. The zero-order valence-electron chi connectivity index (χ0n) is 18.9. The van der Waals surface area contributed by atoms with Crippen LogP contribution in [0, 0.1) is 0 Å². The van der Waals surface area contributed by atoms with Crippen molar-refractivity contribution >= 4 is 29.1 Å². The zero-order chi connectivity index (χ0) is 25.4. The maximum Gasteiger partial charge on any atom is 0.416 e. The quantitative estimate of drug-likeness (QED) is 0.580. The number of alkyl halides is 3. The molecule has 34 heavy (non-hydrogen) atoms. The predicted molar refractivity (Wildman–Crippen MR) is 121 cm³/mol. The Morgan fingerprint density at radius 2 is 1.88 bits per heavy atom. The number of ether oxygens (including phenoxy) is 1. The van der Waals surface area contributed by atoms with E-state index in [9.17, 15) is 27.9 Å². The number of methoxy groups -OCH3 is 1. The number of halogens is 4. The number of amides is 2. The van der Waals surface area contributed by atoms with Gasteiger partial charge in [0.25, 0.3) is 5.91 Å². The van der Waals surface area contributed by atoms with Gasteiger partial charge in [0.2, 0.25) is 11.5 Å². The van der Waals surface area contributed by atoms with Crippen molar-refractivity contribution in [3.63, 3.8) is 0 Å². The Hall–Kier alpha value is -2.82. The number of rotatable bonds is 8. The second kappa shape index (κ2) is 9.44. The van der Waals surface area contributed by atoms with Crippen molar-refractivity contribution in [1.29, 1.82) is 0 Å². The molecule has 11 heteroatoms. The van der Waals surface area contributed by atoms with Gasteiger partial charge in [-0.3, -0.25) is 9.59 Å². The fourth-order valence-electron chi connectivity index (χ4n) is 4.21. The molecule has 2 amide bonds. The topological polar surface area (TPSA) is 96.1 Å². The summed E-state index contributed by atoms with van der Waals surface area (Å²) in [5, 5.41) is 12.0. The molecule has 0 aromatic heterocycles. The molecule has 1 heterocycles. The van der Waals surface area contributed by atoms with Gasteiger partial charge in [0.05, 0.1) is 18.4 Å². The third kappa shape index (κ3) is 4.33. The Labute approximate surface area is 199 Å². The predicted octanol–water partition coefficient (Wildman–Crippen LogP) is 3.39. The molecule has 2 aromatic rings. The Kier molecular flexibility index (Phi) is 7.16. The molecule has 7 nitrogen and oxygen atoms in total. The molecule has 1 aliphatic rings. The molecule has 0 saturated heterocycles. The molecule has 1 atom stereocenters. The van der Waals surface area contributed by atoms with Crippen molar-refractivity contribution in [2.24, 2.45) is 5.73 Å². The molecule has 3 rings (SSSR count). The molecular weight excluding hydrogens is 475 g/mol. The number of primary amides is 1. The van der Waals surface area contributed by atoms with E-state index >= 15 is 0 Å². The van der Waals surface area contributed by atoms with Crippen LogP contribution in [0.25, 0.3) is 0 Å². The summed E-state index contributed by atoms with van der Waals surface area (Å²) in [6.45, 7) is 5.42. The van der Waals surface area contributed by atoms with Crippen LogP contribution in [0.4, 0.5) is 18.9 Å². The summed E-state index contributed by atoms with van der Waals surface area (Å²) in [5.41, 5.74) is -0.338. The van der Waals surface area contributed by atoms with Gasteiger partial charge in [-0.1, -0.05) is 31.5 Å². The minimum atomic E-state index is -5.00. The average molecular weight is 500 g/mol. The van der Waals surface area contributed by atoms with Crippen molar-refractivity contribution in [2.75, 3.05) is 38.2 Å². The van der Waals surface area contributed by atoms with Gasteiger partial charge in [-0.25, -0.2) is 0 Å². The average Bonchev–Trinajstić information content (AvgIpc) is 3.00. The van der Waals surface area contributed by atoms with Crippen molar-refractivity contribution < 1.29 is 32.6 Å². The lowest BCUT2D eigenvalue weighted by Crippen LogP contribution is -2.44. The molecule has 0 spiro atoms. The third-order valence-corrected chi connectivity index (χ3v) is 6.24. The smallest absolute Gasteiger partial charge is 0.416 e. The number of nitrogens with zero attached hydrogens (tertiary/aromatic N) is 2. The zero-order valence-corrected chi connectivity index (χ0v) is 19.6. The molecule has 0 fully saturated rings. The molecule has 3 N–H and O–H groups in total. The summed E-state index contributed by atoms with van der Waals surface area (Å²) in [6.07, 6.45) is -5.00. The van der Waals surface area contributed by atoms with Crippen molar-refractivity contribution in [2.45, 2.75) is 25.6 Å². The normalized spacial score (nSPS) is 17.9. The fourth-order valence-corrected chi connectivity index (χ4v) is 4.38. The largest absolute Gasteiger partial charge is 0.496 e. The minimum Gasteiger partial charge on any atom is -0.496 e. The Bertz CT molecular complexity index is 1120. The first kappa shape index (κ1) is 25.8. The number of anilines is 1. The molecule has 0 bridgehead atoms. The first-order valence-corrected chi connectivity index (χ1v) is 10.9. The fraction of sp³-hybridized carbons (Fsp3) is 0.391. The van der Waals surface area contributed by atoms with Gasteiger partial charge < -0.3 is 25.4 Å². The minimum absolute atomic E-state index is 0.0226. The van der Waals surface area contributed by atoms with Gasteiger partial charge >= 0.3 is 6.18 Å². The van der Waals surface area contributed by atoms with E-state index in [2.05, 4.69) is 0 Å². The summed E-state index contributed by atoms with van der Waals surface area (Å²) < 4.78 is 47.9. The van der Waals surface area contributed by atoms with Gasteiger partial charge in [-0.05, 0) is 37.4 Å². The molecule has 0 aliphatic carbocycles. The summed E-state index contributed by atoms with van der Waals surface area (Å²) in [6, 6.07) is 5.54. The number of aliphatic hydroxyl groups is 1. The van der Waals surface area contributed by atoms with E-state index in [0.29, 0.717) is 25.7 Å². The standard InChI is InChI=1S/C23H25ClF3N3O4/c1-4-29(5-2)8-9-30-17-11-13(20(28)31)10-16(23(25,26)27)19(17)22(33,21(30)32)15-7-6-14(24)12-18(15)34-3/h6-7,10-12,33H,4-5,8-9H2,1-3H3,(H2,28,31). The second-order valence-corrected chi connectivity index (χ2v) is 8.26. The number of fused-ring (bicyclic) bond motifs is 1. The molecule has 1 unspecified atom stereocenters. The van der Waals surface area contributed by atoms with Crippen LogP contribution in [-0.2, 0) is 16.6 Å². The molecule has 2 aromatic carbocycles. The molecule has 0 saturated carbocycles. The van der Waals surface area contributed by atoms with E-state index in [1.165, 1.54) is 25.3 Å². The first-order chi connectivity index (χ1) is 15.9. The van der Waals surface area contributed by atoms with Crippen LogP contribution in [0.15, 0.2) is 30.3 Å². The Balaban J connectivity index is 2.35. The van der Waals surface area contributed by atoms with Crippen molar-refractivity contribution in [1.82, 2.24) is 4.90 Å². The van der Waals surface area contributed by atoms with Crippen LogP contribution >= 0.6 is 11.6 Å². The van der Waals surface area contributed by atoms with Crippen LogP contribution in [0.2, 0.25) is 5.02 Å². The van der Waals surface area contributed by atoms with Gasteiger partial charge in [0.15, 0.2) is 0 Å². The number of hydrogen-bond donors (Lipinski definition) is 2. The monoisotopic (exact) mass is 499 g/mol. The Morgan fingerprint density at radius 3 is 2.41 bits per heavy atom. The Morgan fingerprint density at radius 1 is 1.24 bits per heavy atom.